The number of fused-ring (bicyclic) bond motifs is 1. The summed E-state index contributed by atoms with van der Waals surface area (Å²) in [6, 6.07) is 26.0. The zero-order chi connectivity index (χ0) is 17.6. The van der Waals surface area contributed by atoms with Crippen LogP contribution in [0.4, 0.5) is 0 Å². The Morgan fingerprint density at radius 2 is 1.38 bits per heavy atom. The Morgan fingerprint density at radius 3 is 2.19 bits per heavy atom. The van der Waals surface area contributed by atoms with Crippen LogP contribution in [0.2, 0.25) is 0 Å². The minimum absolute atomic E-state index is 1.04. The molecule has 1 heterocycles. The van der Waals surface area contributed by atoms with E-state index in [4.69, 9.17) is 0 Å². The molecule has 0 aromatic heterocycles. The van der Waals surface area contributed by atoms with Crippen molar-refractivity contribution >= 4 is 16.8 Å². The Labute approximate surface area is 156 Å². The van der Waals surface area contributed by atoms with Crippen LogP contribution in [0.3, 0.4) is 0 Å². The Kier molecular flexibility index (Phi) is 5.44. The van der Waals surface area contributed by atoms with E-state index in [1.165, 1.54) is 21.9 Å². The molecule has 2 nitrogen and oxygen atoms in total. The number of hydrogen-bond acceptors (Lipinski definition) is 2. The van der Waals surface area contributed by atoms with Gasteiger partial charge in [0.2, 0.25) is 0 Å². The van der Waals surface area contributed by atoms with Crippen LogP contribution in [-0.4, -0.2) is 42.5 Å². The molecule has 3 aromatic rings. The van der Waals surface area contributed by atoms with E-state index in [1.807, 2.05) is 0 Å². The molecule has 0 aliphatic carbocycles. The van der Waals surface area contributed by atoms with Gasteiger partial charge in [-0.25, -0.2) is 0 Å². The average Bonchev–Trinajstić information content (AvgIpc) is 2.70. The van der Waals surface area contributed by atoms with E-state index in [-0.39, 0.29) is 0 Å². The Morgan fingerprint density at radius 1 is 0.692 bits per heavy atom. The lowest BCUT2D eigenvalue weighted by Gasteiger charge is -2.34. The fraction of sp³-hybridized carbons (Fsp3) is 0.250. The highest BCUT2D eigenvalue weighted by molar-refractivity contribution is 5.82. The second-order valence-corrected chi connectivity index (χ2v) is 7.07. The van der Waals surface area contributed by atoms with Gasteiger partial charge in [0.05, 0.1) is 0 Å². The van der Waals surface area contributed by atoms with Crippen molar-refractivity contribution in [2.24, 2.45) is 0 Å². The van der Waals surface area contributed by atoms with Gasteiger partial charge in [0.25, 0.3) is 0 Å². The van der Waals surface area contributed by atoms with E-state index in [0.717, 1.165) is 39.3 Å². The minimum Gasteiger partial charge on any atom is -0.297 e. The van der Waals surface area contributed by atoms with Crippen LogP contribution in [0, 0.1) is 0 Å². The van der Waals surface area contributed by atoms with Gasteiger partial charge < -0.3 is 0 Å². The first-order chi connectivity index (χ1) is 12.9. The molecular weight excluding hydrogens is 316 g/mol. The van der Waals surface area contributed by atoms with Crippen LogP contribution in [0.25, 0.3) is 16.8 Å². The minimum atomic E-state index is 1.04. The quantitative estimate of drug-likeness (QED) is 0.665. The second-order valence-electron chi connectivity index (χ2n) is 7.07. The van der Waals surface area contributed by atoms with Gasteiger partial charge in [0.15, 0.2) is 0 Å². The lowest BCUT2D eigenvalue weighted by atomic mass is 10.1. The lowest BCUT2D eigenvalue weighted by Crippen LogP contribution is -2.45. The SMILES string of the molecule is C(=C\c1ccccc1)/CN1CCN(Cc2ccc3ccccc3c2)CC1. The standard InChI is InChI=1S/C24H26N2/c1-2-7-21(8-3-1)9-6-14-25-15-17-26(18-16-25)20-22-12-13-23-10-4-5-11-24(23)19-22/h1-13,19H,14-18,20H2/b9-6+. The molecule has 3 aromatic carbocycles. The summed E-state index contributed by atoms with van der Waals surface area (Å²) in [5, 5.41) is 2.67. The molecule has 132 valence electrons. The summed E-state index contributed by atoms with van der Waals surface area (Å²) in [6.45, 7) is 6.68. The van der Waals surface area contributed by atoms with Crippen molar-refractivity contribution in [3.05, 3.63) is 90.0 Å². The molecule has 1 aliphatic rings. The first kappa shape index (κ1) is 17.0. The number of rotatable bonds is 5. The molecule has 2 heteroatoms. The van der Waals surface area contributed by atoms with Crippen molar-refractivity contribution in [1.29, 1.82) is 0 Å². The fourth-order valence-electron chi connectivity index (χ4n) is 3.63. The van der Waals surface area contributed by atoms with Gasteiger partial charge in [0, 0.05) is 39.3 Å². The Balaban J connectivity index is 1.27. The van der Waals surface area contributed by atoms with Gasteiger partial charge in [-0.05, 0) is 28.0 Å². The highest BCUT2D eigenvalue weighted by Crippen LogP contribution is 2.17. The monoisotopic (exact) mass is 342 g/mol. The van der Waals surface area contributed by atoms with Gasteiger partial charge in [-0.2, -0.15) is 0 Å². The molecule has 0 unspecified atom stereocenters. The van der Waals surface area contributed by atoms with Crippen LogP contribution < -0.4 is 0 Å². The van der Waals surface area contributed by atoms with Crippen LogP contribution in [0.5, 0.6) is 0 Å². The van der Waals surface area contributed by atoms with Gasteiger partial charge in [-0.1, -0.05) is 78.9 Å². The largest absolute Gasteiger partial charge is 0.297 e. The van der Waals surface area contributed by atoms with E-state index in [0.29, 0.717) is 0 Å². The topological polar surface area (TPSA) is 6.48 Å². The second kappa shape index (κ2) is 8.31. The summed E-state index contributed by atoms with van der Waals surface area (Å²) in [5.41, 5.74) is 2.70. The molecule has 0 N–H and O–H groups in total. The number of hydrogen-bond donors (Lipinski definition) is 0. The lowest BCUT2D eigenvalue weighted by molar-refractivity contribution is 0.137. The first-order valence-electron chi connectivity index (χ1n) is 9.51. The van der Waals surface area contributed by atoms with E-state index < -0.39 is 0 Å². The van der Waals surface area contributed by atoms with Crippen molar-refractivity contribution in [3.63, 3.8) is 0 Å². The number of nitrogens with zero attached hydrogens (tertiary/aromatic N) is 2. The van der Waals surface area contributed by atoms with Crippen molar-refractivity contribution in [2.75, 3.05) is 32.7 Å². The third kappa shape index (κ3) is 4.40. The average molecular weight is 342 g/mol. The third-order valence-electron chi connectivity index (χ3n) is 5.16. The normalized spacial score (nSPS) is 16.5. The van der Waals surface area contributed by atoms with Crippen molar-refractivity contribution in [3.8, 4) is 0 Å². The van der Waals surface area contributed by atoms with Gasteiger partial charge >= 0.3 is 0 Å². The molecule has 0 radical (unpaired) electrons. The summed E-state index contributed by atoms with van der Waals surface area (Å²) >= 11 is 0. The molecule has 0 atom stereocenters. The predicted molar refractivity (Wildman–Crippen MR) is 111 cm³/mol. The Hall–Kier alpha value is -2.42. The highest BCUT2D eigenvalue weighted by Gasteiger charge is 2.15. The summed E-state index contributed by atoms with van der Waals surface area (Å²) in [6.07, 6.45) is 4.51. The molecule has 1 fully saturated rings. The maximum absolute atomic E-state index is 2.57. The van der Waals surface area contributed by atoms with Crippen LogP contribution in [0.1, 0.15) is 11.1 Å². The van der Waals surface area contributed by atoms with Gasteiger partial charge in [0.1, 0.15) is 0 Å². The van der Waals surface area contributed by atoms with E-state index in [1.54, 1.807) is 0 Å². The maximum Gasteiger partial charge on any atom is 0.0235 e. The van der Waals surface area contributed by atoms with Crippen molar-refractivity contribution in [2.45, 2.75) is 6.54 Å². The maximum atomic E-state index is 2.57. The predicted octanol–water partition coefficient (Wildman–Crippen LogP) is 4.67. The molecule has 0 saturated carbocycles. The van der Waals surface area contributed by atoms with Crippen molar-refractivity contribution < 1.29 is 0 Å². The molecule has 26 heavy (non-hydrogen) atoms. The summed E-state index contributed by atoms with van der Waals surface area (Å²) in [7, 11) is 0. The van der Waals surface area contributed by atoms with Crippen LogP contribution in [0.15, 0.2) is 78.9 Å². The van der Waals surface area contributed by atoms with Crippen LogP contribution in [-0.2, 0) is 6.54 Å². The number of benzene rings is 3. The van der Waals surface area contributed by atoms with E-state index in [2.05, 4.69) is 94.7 Å². The zero-order valence-corrected chi connectivity index (χ0v) is 15.2. The summed E-state index contributed by atoms with van der Waals surface area (Å²) < 4.78 is 0. The van der Waals surface area contributed by atoms with E-state index in [9.17, 15) is 0 Å². The van der Waals surface area contributed by atoms with Crippen molar-refractivity contribution in [1.82, 2.24) is 9.80 Å². The summed E-state index contributed by atoms with van der Waals surface area (Å²) in [4.78, 5) is 5.11. The van der Waals surface area contributed by atoms with Gasteiger partial charge in [-0.15, -0.1) is 0 Å². The van der Waals surface area contributed by atoms with E-state index >= 15 is 0 Å². The molecule has 0 spiro atoms. The molecule has 1 aliphatic heterocycles. The van der Waals surface area contributed by atoms with Crippen LogP contribution >= 0.6 is 0 Å². The number of piperazine rings is 1. The highest BCUT2D eigenvalue weighted by atomic mass is 15.3. The molecule has 4 rings (SSSR count). The first-order valence-corrected chi connectivity index (χ1v) is 9.51. The summed E-state index contributed by atoms with van der Waals surface area (Å²) in [5.74, 6) is 0. The molecule has 0 amide bonds. The molecule has 1 saturated heterocycles. The smallest absolute Gasteiger partial charge is 0.0235 e. The molecule has 0 bridgehead atoms. The fourth-order valence-corrected chi connectivity index (χ4v) is 3.63. The Bertz CT molecular complexity index is 862. The third-order valence-corrected chi connectivity index (χ3v) is 5.16. The zero-order valence-electron chi connectivity index (χ0n) is 15.2. The van der Waals surface area contributed by atoms with Gasteiger partial charge in [-0.3, -0.25) is 9.80 Å². The molecular formula is C24H26N2.